The van der Waals surface area contributed by atoms with Gasteiger partial charge < -0.3 is 10.1 Å². The van der Waals surface area contributed by atoms with Crippen molar-refractivity contribution < 1.29 is 4.74 Å². The Kier molecular flexibility index (Phi) is 3.17. The molecular weight excluding hydrogens is 210 g/mol. The molecule has 0 spiro atoms. The second-order valence-corrected chi connectivity index (χ2v) is 5.35. The van der Waals surface area contributed by atoms with Crippen molar-refractivity contribution >= 4 is 0 Å². The molecule has 2 nitrogen and oxygen atoms in total. The quantitative estimate of drug-likeness (QED) is 0.859. The number of rotatable bonds is 4. The van der Waals surface area contributed by atoms with Crippen molar-refractivity contribution in [3.63, 3.8) is 0 Å². The monoisotopic (exact) mass is 231 g/mol. The first kappa shape index (κ1) is 11.2. The second-order valence-electron chi connectivity index (χ2n) is 5.35. The Hall–Kier alpha value is -0.860. The van der Waals surface area contributed by atoms with E-state index in [0.717, 1.165) is 19.1 Å². The van der Waals surface area contributed by atoms with Crippen LogP contribution in [0.15, 0.2) is 24.3 Å². The summed E-state index contributed by atoms with van der Waals surface area (Å²) in [6.07, 6.45) is 3.75. The zero-order valence-electron chi connectivity index (χ0n) is 10.5. The zero-order valence-corrected chi connectivity index (χ0v) is 10.5. The van der Waals surface area contributed by atoms with Gasteiger partial charge in [0.25, 0.3) is 0 Å². The van der Waals surface area contributed by atoms with E-state index in [-0.39, 0.29) is 0 Å². The molecule has 0 bridgehead atoms. The molecular formula is C15H21NO. The van der Waals surface area contributed by atoms with Gasteiger partial charge in [-0.15, -0.1) is 0 Å². The summed E-state index contributed by atoms with van der Waals surface area (Å²) < 4.78 is 5.50. The maximum absolute atomic E-state index is 5.50. The van der Waals surface area contributed by atoms with Crippen LogP contribution >= 0.6 is 0 Å². The Bertz CT molecular complexity index is 384. The van der Waals surface area contributed by atoms with Crippen LogP contribution in [0.4, 0.5) is 0 Å². The van der Waals surface area contributed by atoms with E-state index >= 15 is 0 Å². The van der Waals surface area contributed by atoms with Gasteiger partial charge in [-0.3, -0.25) is 0 Å². The van der Waals surface area contributed by atoms with Gasteiger partial charge in [-0.2, -0.15) is 0 Å². The molecule has 1 aromatic carbocycles. The summed E-state index contributed by atoms with van der Waals surface area (Å²) in [5, 5.41) is 3.49. The topological polar surface area (TPSA) is 21.3 Å². The van der Waals surface area contributed by atoms with Crippen LogP contribution in [0.1, 0.15) is 29.9 Å². The molecule has 1 heterocycles. The third kappa shape index (κ3) is 2.12. The summed E-state index contributed by atoms with van der Waals surface area (Å²) in [4.78, 5) is 0. The minimum Gasteiger partial charge on any atom is -0.381 e. The zero-order chi connectivity index (χ0) is 11.7. The summed E-state index contributed by atoms with van der Waals surface area (Å²) in [6.45, 7) is 1.89. The first-order valence-electron chi connectivity index (χ1n) is 6.71. The fraction of sp³-hybridized carbons (Fsp3) is 0.600. The van der Waals surface area contributed by atoms with Crippen LogP contribution in [-0.2, 0) is 11.2 Å². The predicted octanol–water partition coefficient (Wildman–Crippen LogP) is 2.34. The summed E-state index contributed by atoms with van der Waals surface area (Å²) in [6, 6.07) is 9.49. The minimum atomic E-state index is 0.621. The maximum Gasteiger partial charge on any atom is 0.0510 e. The summed E-state index contributed by atoms with van der Waals surface area (Å²) in [5.74, 6) is 1.48. The van der Waals surface area contributed by atoms with Crippen LogP contribution < -0.4 is 5.32 Å². The molecule has 17 heavy (non-hydrogen) atoms. The number of benzene rings is 1. The van der Waals surface area contributed by atoms with Crippen LogP contribution in [0.2, 0.25) is 0 Å². The van der Waals surface area contributed by atoms with Gasteiger partial charge in [0.15, 0.2) is 0 Å². The average Bonchev–Trinajstić information content (AvgIpc) is 2.84. The lowest BCUT2D eigenvalue weighted by atomic mass is 9.73. The van der Waals surface area contributed by atoms with E-state index < -0.39 is 0 Å². The molecule has 1 aliphatic heterocycles. The molecule has 3 atom stereocenters. The molecule has 0 amide bonds. The Balaban J connectivity index is 1.63. The van der Waals surface area contributed by atoms with Gasteiger partial charge in [-0.1, -0.05) is 24.3 Å². The van der Waals surface area contributed by atoms with Crippen LogP contribution in [-0.4, -0.2) is 26.3 Å². The van der Waals surface area contributed by atoms with Crippen molar-refractivity contribution in [3.8, 4) is 0 Å². The Morgan fingerprint density at radius 3 is 3.00 bits per heavy atom. The van der Waals surface area contributed by atoms with E-state index in [0.29, 0.717) is 12.0 Å². The fourth-order valence-corrected chi connectivity index (χ4v) is 3.30. The Labute approximate surface area is 103 Å². The number of hydrogen-bond donors (Lipinski definition) is 1. The van der Waals surface area contributed by atoms with Gasteiger partial charge in [-0.05, 0) is 49.3 Å². The molecule has 92 valence electrons. The number of nitrogens with one attached hydrogen (secondary N) is 1. The smallest absolute Gasteiger partial charge is 0.0510 e. The molecule has 2 aliphatic rings. The molecule has 3 rings (SSSR count). The van der Waals surface area contributed by atoms with Crippen LogP contribution in [0, 0.1) is 5.92 Å². The summed E-state index contributed by atoms with van der Waals surface area (Å²) >= 11 is 0. The van der Waals surface area contributed by atoms with Crippen molar-refractivity contribution in [2.45, 2.75) is 31.2 Å². The molecule has 0 radical (unpaired) electrons. The third-order valence-corrected chi connectivity index (χ3v) is 4.40. The van der Waals surface area contributed by atoms with Crippen LogP contribution in [0.3, 0.4) is 0 Å². The molecule has 1 aromatic rings. The van der Waals surface area contributed by atoms with Gasteiger partial charge in [0.2, 0.25) is 0 Å². The number of fused-ring (bicyclic) bond motifs is 1. The van der Waals surface area contributed by atoms with E-state index in [1.54, 1.807) is 11.1 Å². The van der Waals surface area contributed by atoms with E-state index in [4.69, 9.17) is 4.74 Å². The SMILES string of the molecule is CNC(CC1Cc2ccccc21)C1CCOC1. The Morgan fingerprint density at radius 1 is 1.41 bits per heavy atom. The highest BCUT2D eigenvalue weighted by molar-refractivity contribution is 5.39. The van der Waals surface area contributed by atoms with Gasteiger partial charge in [-0.25, -0.2) is 0 Å². The second kappa shape index (κ2) is 4.79. The van der Waals surface area contributed by atoms with Crippen molar-refractivity contribution in [3.05, 3.63) is 35.4 Å². The molecule has 0 saturated carbocycles. The van der Waals surface area contributed by atoms with E-state index in [1.165, 1.54) is 19.3 Å². The van der Waals surface area contributed by atoms with E-state index in [2.05, 4.69) is 36.6 Å². The van der Waals surface area contributed by atoms with Gasteiger partial charge in [0, 0.05) is 12.6 Å². The minimum absolute atomic E-state index is 0.621. The average molecular weight is 231 g/mol. The molecule has 0 aromatic heterocycles. The summed E-state index contributed by atoms with van der Waals surface area (Å²) in [5.41, 5.74) is 3.13. The van der Waals surface area contributed by atoms with E-state index in [1.807, 2.05) is 0 Å². The molecule has 1 fully saturated rings. The lowest BCUT2D eigenvalue weighted by Gasteiger charge is -2.34. The third-order valence-electron chi connectivity index (χ3n) is 4.40. The first-order valence-corrected chi connectivity index (χ1v) is 6.71. The maximum atomic E-state index is 5.50. The lowest BCUT2D eigenvalue weighted by Crippen LogP contribution is -2.37. The fourth-order valence-electron chi connectivity index (χ4n) is 3.30. The Morgan fingerprint density at radius 2 is 2.29 bits per heavy atom. The molecule has 1 aliphatic carbocycles. The highest BCUT2D eigenvalue weighted by Crippen LogP contribution is 2.39. The highest BCUT2D eigenvalue weighted by Gasteiger charge is 2.32. The van der Waals surface area contributed by atoms with Gasteiger partial charge >= 0.3 is 0 Å². The largest absolute Gasteiger partial charge is 0.381 e. The number of hydrogen-bond acceptors (Lipinski definition) is 2. The first-order chi connectivity index (χ1) is 8.38. The molecule has 1 saturated heterocycles. The lowest BCUT2D eigenvalue weighted by molar-refractivity contribution is 0.174. The molecule has 1 N–H and O–H groups in total. The van der Waals surface area contributed by atoms with Crippen molar-refractivity contribution in [2.75, 3.05) is 20.3 Å². The summed E-state index contributed by atoms with van der Waals surface area (Å²) in [7, 11) is 2.09. The van der Waals surface area contributed by atoms with Crippen molar-refractivity contribution in [1.82, 2.24) is 5.32 Å². The normalized spacial score (nSPS) is 28.5. The molecule has 2 heteroatoms. The van der Waals surface area contributed by atoms with Gasteiger partial charge in [0.1, 0.15) is 0 Å². The van der Waals surface area contributed by atoms with Crippen molar-refractivity contribution in [2.24, 2.45) is 5.92 Å². The number of ether oxygens (including phenoxy) is 1. The van der Waals surface area contributed by atoms with E-state index in [9.17, 15) is 0 Å². The van der Waals surface area contributed by atoms with Crippen LogP contribution in [0.5, 0.6) is 0 Å². The van der Waals surface area contributed by atoms with Crippen LogP contribution in [0.25, 0.3) is 0 Å². The highest BCUT2D eigenvalue weighted by atomic mass is 16.5. The molecule has 3 unspecified atom stereocenters. The van der Waals surface area contributed by atoms with Crippen molar-refractivity contribution in [1.29, 1.82) is 0 Å². The predicted molar refractivity (Wildman–Crippen MR) is 69.3 cm³/mol. The van der Waals surface area contributed by atoms with Gasteiger partial charge in [0.05, 0.1) is 6.61 Å². The standard InChI is InChI=1S/C15H21NO/c1-16-15(12-6-7-17-10-12)9-13-8-11-4-2-3-5-14(11)13/h2-5,12-13,15-16H,6-10H2,1H3.